The molecule has 1 aliphatic rings. The summed E-state index contributed by atoms with van der Waals surface area (Å²) in [6.07, 6.45) is 5.76. The lowest BCUT2D eigenvalue weighted by Crippen LogP contribution is -2.39. The van der Waals surface area contributed by atoms with Crippen molar-refractivity contribution in [3.8, 4) is 0 Å². The molecule has 0 saturated carbocycles. The quantitative estimate of drug-likeness (QED) is 0.785. The molecule has 110 valence electrons. The summed E-state index contributed by atoms with van der Waals surface area (Å²) in [5.74, 6) is 0.860. The highest BCUT2D eigenvalue weighted by atomic mass is 16.6. The van der Waals surface area contributed by atoms with Crippen molar-refractivity contribution in [1.29, 1.82) is 0 Å². The van der Waals surface area contributed by atoms with E-state index in [4.69, 9.17) is 4.74 Å². The van der Waals surface area contributed by atoms with Gasteiger partial charge in [-0.25, -0.2) is 9.78 Å². The Kier molecular flexibility index (Phi) is 4.42. The second-order valence-corrected chi connectivity index (χ2v) is 5.87. The number of amides is 1. The van der Waals surface area contributed by atoms with Crippen LogP contribution in [0.15, 0.2) is 18.6 Å². The van der Waals surface area contributed by atoms with Crippen molar-refractivity contribution in [2.45, 2.75) is 32.8 Å². The van der Waals surface area contributed by atoms with Crippen LogP contribution in [0.3, 0.4) is 0 Å². The molecular formula is C14H22N4O2. The van der Waals surface area contributed by atoms with Crippen molar-refractivity contribution in [3.05, 3.63) is 18.6 Å². The molecule has 2 rings (SSSR count). The molecule has 0 N–H and O–H groups in total. The van der Waals surface area contributed by atoms with Gasteiger partial charge in [0.2, 0.25) is 0 Å². The van der Waals surface area contributed by atoms with E-state index in [-0.39, 0.29) is 6.09 Å². The maximum atomic E-state index is 12.1. The second-order valence-electron chi connectivity index (χ2n) is 5.87. The predicted molar refractivity (Wildman–Crippen MR) is 76.7 cm³/mol. The van der Waals surface area contributed by atoms with Crippen LogP contribution in [-0.2, 0) is 4.74 Å². The van der Waals surface area contributed by atoms with E-state index in [1.54, 1.807) is 23.5 Å². The van der Waals surface area contributed by atoms with Crippen LogP contribution in [-0.4, -0.2) is 52.7 Å². The minimum atomic E-state index is -0.450. The Morgan fingerprint density at radius 3 is 2.65 bits per heavy atom. The summed E-state index contributed by atoms with van der Waals surface area (Å²) in [6.45, 7) is 8.63. The molecule has 1 aromatic rings. The lowest BCUT2D eigenvalue weighted by molar-refractivity contribution is 0.0263. The van der Waals surface area contributed by atoms with Crippen LogP contribution in [0.25, 0.3) is 0 Å². The first-order valence-corrected chi connectivity index (χ1v) is 6.94. The van der Waals surface area contributed by atoms with Gasteiger partial charge < -0.3 is 14.5 Å². The van der Waals surface area contributed by atoms with Crippen molar-refractivity contribution in [2.75, 3.05) is 31.1 Å². The average molecular weight is 278 g/mol. The molecule has 20 heavy (non-hydrogen) atoms. The van der Waals surface area contributed by atoms with Crippen LogP contribution < -0.4 is 4.90 Å². The first-order chi connectivity index (χ1) is 9.46. The van der Waals surface area contributed by atoms with Crippen molar-refractivity contribution in [3.63, 3.8) is 0 Å². The Morgan fingerprint density at radius 2 is 2.00 bits per heavy atom. The van der Waals surface area contributed by atoms with Crippen molar-refractivity contribution < 1.29 is 9.53 Å². The molecule has 0 aliphatic carbocycles. The minimum Gasteiger partial charge on any atom is -0.444 e. The van der Waals surface area contributed by atoms with E-state index >= 15 is 0 Å². The molecule has 6 nitrogen and oxygen atoms in total. The van der Waals surface area contributed by atoms with E-state index in [1.165, 1.54) is 0 Å². The van der Waals surface area contributed by atoms with Gasteiger partial charge in [-0.05, 0) is 27.2 Å². The topological polar surface area (TPSA) is 58.6 Å². The van der Waals surface area contributed by atoms with Crippen molar-refractivity contribution >= 4 is 11.9 Å². The third-order valence-corrected chi connectivity index (χ3v) is 3.02. The number of hydrogen-bond donors (Lipinski definition) is 0. The van der Waals surface area contributed by atoms with E-state index in [0.29, 0.717) is 13.1 Å². The van der Waals surface area contributed by atoms with Crippen molar-refractivity contribution in [2.24, 2.45) is 0 Å². The summed E-state index contributed by atoms with van der Waals surface area (Å²) < 4.78 is 5.41. The summed E-state index contributed by atoms with van der Waals surface area (Å²) in [5.41, 5.74) is -0.450. The van der Waals surface area contributed by atoms with Gasteiger partial charge >= 0.3 is 6.09 Å². The van der Waals surface area contributed by atoms with Crippen LogP contribution in [0, 0.1) is 0 Å². The molecule has 0 radical (unpaired) electrons. The van der Waals surface area contributed by atoms with Crippen LogP contribution in [0.2, 0.25) is 0 Å². The fourth-order valence-corrected chi connectivity index (χ4v) is 2.11. The highest BCUT2D eigenvalue weighted by molar-refractivity contribution is 5.68. The molecule has 1 fully saturated rings. The largest absolute Gasteiger partial charge is 0.444 e. The zero-order valence-electron chi connectivity index (χ0n) is 12.4. The Labute approximate surface area is 119 Å². The number of nitrogens with zero attached hydrogens (tertiary/aromatic N) is 4. The zero-order valence-corrected chi connectivity index (χ0v) is 12.4. The highest BCUT2D eigenvalue weighted by Gasteiger charge is 2.24. The molecular weight excluding hydrogens is 256 g/mol. The van der Waals surface area contributed by atoms with Crippen LogP contribution in [0.5, 0.6) is 0 Å². The number of aromatic nitrogens is 2. The summed E-state index contributed by atoms with van der Waals surface area (Å²) in [6, 6.07) is 0. The Hall–Kier alpha value is -1.85. The average Bonchev–Trinajstić information content (AvgIpc) is 2.63. The van der Waals surface area contributed by atoms with Gasteiger partial charge in [-0.15, -0.1) is 0 Å². The summed E-state index contributed by atoms with van der Waals surface area (Å²) in [7, 11) is 0. The normalized spacial score (nSPS) is 16.8. The summed E-state index contributed by atoms with van der Waals surface area (Å²) in [5, 5.41) is 0. The van der Waals surface area contributed by atoms with Crippen LogP contribution >= 0.6 is 0 Å². The monoisotopic (exact) mass is 278 g/mol. The molecule has 1 saturated heterocycles. The smallest absolute Gasteiger partial charge is 0.410 e. The highest BCUT2D eigenvalue weighted by Crippen LogP contribution is 2.14. The van der Waals surface area contributed by atoms with E-state index in [0.717, 1.165) is 25.3 Å². The van der Waals surface area contributed by atoms with Gasteiger partial charge in [0, 0.05) is 38.6 Å². The number of anilines is 1. The van der Waals surface area contributed by atoms with E-state index in [1.807, 2.05) is 20.8 Å². The third kappa shape index (κ3) is 4.08. The van der Waals surface area contributed by atoms with E-state index in [9.17, 15) is 4.79 Å². The molecule has 0 atom stereocenters. The van der Waals surface area contributed by atoms with Crippen LogP contribution in [0.1, 0.15) is 27.2 Å². The molecule has 0 unspecified atom stereocenters. The Balaban J connectivity index is 1.94. The van der Waals surface area contributed by atoms with Crippen molar-refractivity contribution in [1.82, 2.24) is 14.9 Å². The van der Waals surface area contributed by atoms with Gasteiger partial charge in [-0.1, -0.05) is 0 Å². The first kappa shape index (κ1) is 14.6. The number of ether oxygens (including phenoxy) is 1. The maximum Gasteiger partial charge on any atom is 0.410 e. The van der Waals surface area contributed by atoms with Gasteiger partial charge in [0.15, 0.2) is 0 Å². The number of carbonyl (C=O) groups is 1. The molecule has 0 spiro atoms. The first-order valence-electron chi connectivity index (χ1n) is 6.94. The minimum absolute atomic E-state index is 0.238. The summed E-state index contributed by atoms with van der Waals surface area (Å²) >= 11 is 0. The zero-order chi connectivity index (χ0) is 14.6. The SMILES string of the molecule is CC(C)(C)OC(=O)N1CCCN(c2cnccn2)CC1. The predicted octanol–water partition coefficient (Wildman–Crippen LogP) is 1.92. The molecule has 0 aromatic carbocycles. The maximum absolute atomic E-state index is 12.1. The number of carbonyl (C=O) groups excluding carboxylic acids is 1. The Morgan fingerprint density at radius 1 is 1.20 bits per heavy atom. The summed E-state index contributed by atoms with van der Waals surface area (Å²) in [4.78, 5) is 24.4. The molecule has 0 bridgehead atoms. The lowest BCUT2D eigenvalue weighted by atomic mass is 10.2. The van der Waals surface area contributed by atoms with Gasteiger partial charge in [0.05, 0.1) is 6.20 Å². The fraction of sp³-hybridized carbons (Fsp3) is 0.643. The van der Waals surface area contributed by atoms with E-state index in [2.05, 4.69) is 14.9 Å². The molecule has 1 aromatic heterocycles. The molecule has 1 amide bonds. The van der Waals surface area contributed by atoms with Crippen LogP contribution in [0.4, 0.5) is 10.6 Å². The van der Waals surface area contributed by atoms with Gasteiger partial charge in [0.25, 0.3) is 0 Å². The standard InChI is InChI=1S/C14H22N4O2/c1-14(2,3)20-13(19)18-8-4-7-17(9-10-18)12-11-15-5-6-16-12/h5-6,11H,4,7-10H2,1-3H3. The third-order valence-electron chi connectivity index (χ3n) is 3.02. The number of hydrogen-bond acceptors (Lipinski definition) is 5. The second kappa shape index (κ2) is 6.07. The van der Waals surface area contributed by atoms with Gasteiger partial charge in [-0.3, -0.25) is 4.98 Å². The molecule has 1 aliphatic heterocycles. The van der Waals surface area contributed by atoms with E-state index < -0.39 is 5.60 Å². The molecule has 2 heterocycles. The van der Waals surface area contributed by atoms with Gasteiger partial charge in [-0.2, -0.15) is 0 Å². The molecule has 6 heteroatoms. The number of rotatable bonds is 1. The van der Waals surface area contributed by atoms with Gasteiger partial charge in [0.1, 0.15) is 11.4 Å². The lowest BCUT2D eigenvalue weighted by Gasteiger charge is -2.26. The Bertz CT molecular complexity index is 444. The fourth-order valence-electron chi connectivity index (χ4n) is 2.11.